The van der Waals surface area contributed by atoms with Crippen LogP contribution in [0.3, 0.4) is 0 Å². The number of nitrogens with zero attached hydrogens (tertiary/aromatic N) is 1. The average Bonchev–Trinajstić information content (AvgIpc) is 2.44. The molecule has 0 radical (unpaired) electrons. The van der Waals surface area contributed by atoms with Crippen molar-refractivity contribution in [2.24, 2.45) is 17.6 Å². The maximum absolute atomic E-state index is 14.3. The first-order valence-electron chi connectivity index (χ1n) is 7.74. The Labute approximate surface area is 133 Å². The molecular weight excluding hydrogens is 312 g/mol. The summed E-state index contributed by atoms with van der Waals surface area (Å²) in [5.74, 6) is -1.22. The normalized spacial score (nSPS) is 35.4. The minimum Gasteiger partial charge on any atom is -0.329 e. The molecule has 1 fully saturated rings. The van der Waals surface area contributed by atoms with Crippen molar-refractivity contribution < 1.29 is 22.4 Å². The van der Waals surface area contributed by atoms with E-state index in [-0.39, 0.29) is 18.3 Å². The third kappa shape index (κ3) is 4.13. The van der Waals surface area contributed by atoms with Gasteiger partial charge in [0.2, 0.25) is 5.91 Å². The van der Waals surface area contributed by atoms with Crippen LogP contribution in [-0.2, 0) is 4.79 Å². The number of allylic oxidation sites excluding steroid dienone is 4. The molecule has 7 heteroatoms. The fourth-order valence-corrected chi connectivity index (χ4v) is 3.33. The summed E-state index contributed by atoms with van der Waals surface area (Å²) in [5.41, 5.74) is 6.28. The van der Waals surface area contributed by atoms with Gasteiger partial charge in [-0.15, -0.1) is 0 Å². The number of nitrogens with two attached hydrogens (primary N) is 1. The van der Waals surface area contributed by atoms with Crippen molar-refractivity contribution in [2.75, 3.05) is 6.54 Å². The second-order valence-electron chi connectivity index (χ2n) is 6.52. The van der Waals surface area contributed by atoms with Gasteiger partial charge in [0.15, 0.2) is 0 Å². The number of likely N-dealkylation sites (tertiary alicyclic amines) is 1. The van der Waals surface area contributed by atoms with Crippen LogP contribution in [0.15, 0.2) is 23.8 Å². The number of rotatable bonds is 3. The minimum absolute atomic E-state index is 0.254. The van der Waals surface area contributed by atoms with Gasteiger partial charge in [0.25, 0.3) is 0 Å². The van der Waals surface area contributed by atoms with Crippen LogP contribution in [0.25, 0.3) is 0 Å². The van der Waals surface area contributed by atoms with Gasteiger partial charge in [-0.2, -0.15) is 13.2 Å². The van der Waals surface area contributed by atoms with Crippen molar-refractivity contribution in [1.82, 2.24) is 4.90 Å². The summed E-state index contributed by atoms with van der Waals surface area (Å²) in [6.07, 6.45) is 0.162. The first-order chi connectivity index (χ1) is 10.6. The minimum atomic E-state index is -4.48. The lowest BCUT2D eigenvalue weighted by Crippen LogP contribution is -2.58. The Bertz CT molecular complexity index is 515. The molecule has 1 heterocycles. The monoisotopic (exact) mass is 334 g/mol. The summed E-state index contributed by atoms with van der Waals surface area (Å²) < 4.78 is 52.3. The van der Waals surface area contributed by atoms with E-state index in [1.54, 1.807) is 32.1 Å². The molecule has 23 heavy (non-hydrogen) atoms. The van der Waals surface area contributed by atoms with Crippen LogP contribution < -0.4 is 5.73 Å². The van der Waals surface area contributed by atoms with Crippen LogP contribution in [0.2, 0.25) is 0 Å². The van der Waals surface area contributed by atoms with Crippen molar-refractivity contribution in [3.63, 3.8) is 0 Å². The molecule has 1 aliphatic carbocycles. The molecule has 2 aliphatic rings. The van der Waals surface area contributed by atoms with E-state index in [2.05, 4.69) is 0 Å². The van der Waals surface area contributed by atoms with Crippen LogP contribution in [0, 0.1) is 11.8 Å². The van der Waals surface area contributed by atoms with Crippen molar-refractivity contribution in [3.05, 3.63) is 23.8 Å². The number of halogens is 4. The number of hydrogen-bond acceptors (Lipinski definition) is 2. The average molecular weight is 334 g/mol. The second-order valence-corrected chi connectivity index (χ2v) is 6.52. The lowest BCUT2D eigenvalue weighted by Gasteiger charge is -2.42. The van der Waals surface area contributed by atoms with Crippen LogP contribution in [-0.4, -0.2) is 41.8 Å². The summed E-state index contributed by atoms with van der Waals surface area (Å²) in [6.45, 7) is 2.02. The molecule has 3 unspecified atom stereocenters. The molecule has 2 N–H and O–H groups in total. The zero-order valence-electron chi connectivity index (χ0n) is 13.2. The third-order valence-corrected chi connectivity index (χ3v) is 4.72. The van der Waals surface area contributed by atoms with Crippen LogP contribution in [0.5, 0.6) is 0 Å². The smallest absolute Gasteiger partial charge is 0.329 e. The van der Waals surface area contributed by atoms with Gasteiger partial charge in [0.1, 0.15) is 12.7 Å². The van der Waals surface area contributed by atoms with E-state index in [4.69, 9.17) is 5.73 Å². The van der Waals surface area contributed by atoms with E-state index in [9.17, 15) is 22.4 Å². The van der Waals surface area contributed by atoms with Gasteiger partial charge in [0.05, 0.1) is 6.04 Å². The van der Waals surface area contributed by atoms with Gasteiger partial charge < -0.3 is 10.6 Å². The van der Waals surface area contributed by atoms with Crippen molar-refractivity contribution in [1.29, 1.82) is 0 Å². The fourth-order valence-electron chi connectivity index (χ4n) is 3.33. The zero-order valence-corrected chi connectivity index (χ0v) is 13.2. The van der Waals surface area contributed by atoms with Crippen molar-refractivity contribution in [3.8, 4) is 0 Å². The standard InChI is InChI=1S/C16H22F4N2O/c1-9-4-3-5-11(14(9)17)6-12-7-13(21)15(23)22(10(12)2)8-16(18,19)20/h3-5,9-10,12-14H,6-8,21H2,1-2H3/t9?,10-,12?,13+,14?/m1/s1. The molecule has 0 aromatic heterocycles. The predicted octanol–water partition coefficient (Wildman–Crippen LogP) is 2.97. The lowest BCUT2D eigenvalue weighted by atomic mass is 9.79. The lowest BCUT2D eigenvalue weighted by molar-refractivity contribution is -0.172. The molecular formula is C16H22F4N2O. The molecule has 0 bridgehead atoms. The third-order valence-electron chi connectivity index (χ3n) is 4.72. The molecule has 0 aromatic rings. The van der Waals surface area contributed by atoms with Crippen LogP contribution in [0.1, 0.15) is 26.7 Å². The maximum atomic E-state index is 14.3. The Hall–Kier alpha value is -1.37. The summed E-state index contributed by atoms with van der Waals surface area (Å²) >= 11 is 0. The first kappa shape index (κ1) is 18.0. The highest BCUT2D eigenvalue weighted by Crippen LogP contribution is 2.35. The van der Waals surface area contributed by atoms with Crippen molar-refractivity contribution >= 4 is 5.91 Å². The first-order valence-corrected chi connectivity index (χ1v) is 7.74. The molecule has 2 rings (SSSR count). The summed E-state index contributed by atoms with van der Waals surface area (Å²) in [6, 6.07) is -1.59. The molecule has 1 aliphatic heterocycles. The Balaban J connectivity index is 2.14. The van der Waals surface area contributed by atoms with E-state index in [1.165, 1.54) is 0 Å². The highest BCUT2D eigenvalue weighted by atomic mass is 19.4. The number of hydrogen-bond donors (Lipinski definition) is 1. The van der Waals surface area contributed by atoms with Gasteiger partial charge in [-0.1, -0.05) is 25.2 Å². The SMILES string of the molecule is CC1C=CC=C(CC2C[C@H](N)C(=O)N(CC(F)(F)F)[C@@H]2C)C1F. The van der Waals surface area contributed by atoms with Gasteiger partial charge >= 0.3 is 6.18 Å². The van der Waals surface area contributed by atoms with E-state index in [0.29, 0.717) is 12.0 Å². The molecule has 0 spiro atoms. The summed E-state index contributed by atoms with van der Waals surface area (Å²) in [7, 11) is 0. The Morgan fingerprint density at radius 2 is 2.00 bits per heavy atom. The number of carbonyl (C=O) groups is 1. The molecule has 1 saturated heterocycles. The topological polar surface area (TPSA) is 46.3 Å². The number of piperidine rings is 1. The quantitative estimate of drug-likeness (QED) is 0.807. The summed E-state index contributed by atoms with van der Waals surface area (Å²) in [5, 5.41) is 0. The van der Waals surface area contributed by atoms with E-state index < -0.39 is 36.9 Å². The summed E-state index contributed by atoms with van der Waals surface area (Å²) in [4.78, 5) is 12.8. The van der Waals surface area contributed by atoms with Gasteiger partial charge in [-0.05, 0) is 31.3 Å². The molecule has 0 saturated carbocycles. The van der Waals surface area contributed by atoms with Crippen molar-refractivity contribution in [2.45, 2.75) is 51.1 Å². The van der Waals surface area contributed by atoms with Gasteiger partial charge in [-0.25, -0.2) is 4.39 Å². The fraction of sp³-hybridized carbons (Fsp3) is 0.688. The molecule has 130 valence electrons. The van der Waals surface area contributed by atoms with Crippen LogP contribution in [0.4, 0.5) is 17.6 Å². The van der Waals surface area contributed by atoms with E-state index in [0.717, 1.165) is 4.90 Å². The van der Waals surface area contributed by atoms with E-state index in [1.807, 2.05) is 0 Å². The molecule has 3 nitrogen and oxygen atoms in total. The van der Waals surface area contributed by atoms with Gasteiger partial charge in [-0.3, -0.25) is 4.79 Å². The highest BCUT2D eigenvalue weighted by molar-refractivity contribution is 5.83. The molecule has 0 aromatic carbocycles. The largest absolute Gasteiger partial charge is 0.406 e. The highest BCUT2D eigenvalue weighted by Gasteiger charge is 2.43. The Kier molecular flexibility index (Phi) is 5.18. The maximum Gasteiger partial charge on any atom is 0.406 e. The second kappa shape index (κ2) is 6.63. The van der Waals surface area contributed by atoms with Crippen LogP contribution >= 0.6 is 0 Å². The molecule has 1 amide bonds. The molecule has 5 atom stereocenters. The Morgan fingerprint density at radius 1 is 1.35 bits per heavy atom. The predicted molar refractivity (Wildman–Crippen MR) is 79.2 cm³/mol. The number of amides is 1. The van der Waals surface area contributed by atoms with E-state index >= 15 is 0 Å². The Morgan fingerprint density at radius 3 is 2.61 bits per heavy atom. The van der Waals surface area contributed by atoms with Gasteiger partial charge in [0, 0.05) is 12.0 Å². The number of carbonyl (C=O) groups excluding carboxylic acids is 1. The zero-order chi connectivity index (χ0) is 17.4. The number of alkyl halides is 4.